The Labute approximate surface area is 124 Å². The van der Waals surface area contributed by atoms with Crippen LogP contribution >= 0.6 is 11.3 Å². The Hall–Kier alpha value is -1.33. The van der Waals surface area contributed by atoms with Crippen LogP contribution in [0.1, 0.15) is 50.5 Å². The van der Waals surface area contributed by atoms with Crippen LogP contribution in [0.5, 0.6) is 5.75 Å². The fourth-order valence-electron chi connectivity index (χ4n) is 2.30. The lowest BCUT2D eigenvalue weighted by Gasteiger charge is -2.22. The number of nitrogens with one attached hydrogen (secondary N) is 1. The van der Waals surface area contributed by atoms with Gasteiger partial charge in [-0.25, -0.2) is 0 Å². The maximum absolute atomic E-state index is 5.52. The van der Waals surface area contributed by atoms with E-state index in [1.54, 1.807) is 18.4 Å². The van der Waals surface area contributed by atoms with Gasteiger partial charge >= 0.3 is 0 Å². The molecule has 0 spiro atoms. The van der Waals surface area contributed by atoms with Crippen molar-refractivity contribution in [3.8, 4) is 5.75 Å². The Morgan fingerprint density at radius 2 is 2.25 bits per heavy atom. The van der Waals surface area contributed by atoms with Crippen LogP contribution in [0.2, 0.25) is 0 Å². The fraction of sp³-hybridized carbons (Fsp3) is 0.533. The normalized spacial score (nSPS) is 12.8. The van der Waals surface area contributed by atoms with Crippen molar-refractivity contribution in [1.82, 2.24) is 15.1 Å². The average molecular weight is 293 g/mol. The zero-order valence-electron chi connectivity index (χ0n) is 12.6. The lowest BCUT2D eigenvalue weighted by atomic mass is 10.1. The zero-order chi connectivity index (χ0) is 14.5. The van der Waals surface area contributed by atoms with Crippen LogP contribution in [-0.4, -0.2) is 23.4 Å². The van der Waals surface area contributed by atoms with Crippen molar-refractivity contribution < 1.29 is 4.74 Å². The summed E-state index contributed by atoms with van der Waals surface area (Å²) in [6, 6.07) is 2.59. The summed E-state index contributed by atoms with van der Waals surface area (Å²) in [6.45, 7) is 7.42. The van der Waals surface area contributed by atoms with Crippen molar-refractivity contribution in [2.24, 2.45) is 0 Å². The average Bonchev–Trinajstić information content (AvgIpc) is 3.08. The quantitative estimate of drug-likeness (QED) is 0.847. The standard InChI is InChI=1S/C15H23N3OS/c1-5-7-16-14(12-6-8-20-10-12)15-13(19-4)9-17-18(15)11(2)3/h6,8-11,14,16H,5,7H2,1-4H3. The minimum atomic E-state index is 0.126. The lowest BCUT2D eigenvalue weighted by molar-refractivity contribution is 0.393. The van der Waals surface area contributed by atoms with Crippen molar-refractivity contribution >= 4 is 11.3 Å². The molecule has 0 aliphatic heterocycles. The van der Waals surface area contributed by atoms with Gasteiger partial charge in [0.05, 0.1) is 19.3 Å². The second-order valence-electron chi connectivity index (χ2n) is 5.08. The van der Waals surface area contributed by atoms with Crippen molar-refractivity contribution in [1.29, 1.82) is 0 Å². The zero-order valence-corrected chi connectivity index (χ0v) is 13.4. The third-order valence-electron chi connectivity index (χ3n) is 3.26. The molecule has 2 heterocycles. The maximum atomic E-state index is 5.52. The Morgan fingerprint density at radius 1 is 1.45 bits per heavy atom. The first-order chi connectivity index (χ1) is 9.69. The first kappa shape index (κ1) is 15.1. The van der Waals surface area contributed by atoms with Crippen LogP contribution in [0.3, 0.4) is 0 Å². The van der Waals surface area contributed by atoms with Gasteiger partial charge in [0.1, 0.15) is 5.69 Å². The van der Waals surface area contributed by atoms with Gasteiger partial charge in [0.2, 0.25) is 0 Å². The first-order valence-corrected chi connectivity index (χ1v) is 8.00. The Kier molecular flexibility index (Phi) is 5.20. The molecule has 0 aromatic carbocycles. The van der Waals surface area contributed by atoms with Gasteiger partial charge in [-0.1, -0.05) is 6.92 Å². The van der Waals surface area contributed by atoms with Gasteiger partial charge < -0.3 is 10.1 Å². The van der Waals surface area contributed by atoms with Gasteiger partial charge in [-0.3, -0.25) is 4.68 Å². The van der Waals surface area contributed by atoms with Crippen molar-refractivity contribution in [2.75, 3.05) is 13.7 Å². The van der Waals surface area contributed by atoms with E-state index in [4.69, 9.17) is 4.74 Å². The number of nitrogens with zero attached hydrogens (tertiary/aromatic N) is 2. The molecule has 0 fully saturated rings. The molecule has 2 aromatic rings. The van der Waals surface area contributed by atoms with E-state index in [2.05, 4.69) is 48.0 Å². The number of ether oxygens (including phenoxy) is 1. The molecule has 2 rings (SSSR count). The van der Waals surface area contributed by atoms with Gasteiger partial charge in [-0.15, -0.1) is 0 Å². The second kappa shape index (κ2) is 6.90. The van der Waals surface area contributed by atoms with Gasteiger partial charge in [0.15, 0.2) is 5.75 Å². The largest absolute Gasteiger partial charge is 0.493 e. The predicted octanol–water partition coefficient (Wildman–Crippen LogP) is 3.62. The molecule has 0 radical (unpaired) electrons. The molecule has 4 nitrogen and oxygen atoms in total. The molecule has 2 aromatic heterocycles. The van der Waals surface area contributed by atoms with Crippen LogP contribution in [0.15, 0.2) is 23.0 Å². The third kappa shape index (κ3) is 3.04. The highest BCUT2D eigenvalue weighted by Gasteiger charge is 2.24. The number of hydrogen-bond donors (Lipinski definition) is 1. The summed E-state index contributed by atoms with van der Waals surface area (Å²) < 4.78 is 7.56. The molecule has 0 saturated carbocycles. The molecular weight excluding hydrogens is 270 g/mol. The van der Waals surface area contributed by atoms with Crippen LogP contribution < -0.4 is 10.1 Å². The molecule has 20 heavy (non-hydrogen) atoms. The Balaban J connectivity index is 2.44. The highest BCUT2D eigenvalue weighted by atomic mass is 32.1. The SMILES string of the molecule is CCCNC(c1ccsc1)c1c(OC)cnn1C(C)C. The predicted molar refractivity (Wildman–Crippen MR) is 83.6 cm³/mol. The van der Waals surface area contributed by atoms with Crippen LogP contribution in [-0.2, 0) is 0 Å². The van der Waals surface area contributed by atoms with Crippen molar-refractivity contribution in [3.05, 3.63) is 34.3 Å². The minimum absolute atomic E-state index is 0.126. The van der Waals surface area contributed by atoms with Crippen molar-refractivity contribution in [3.63, 3.8) is 0 Å². The van der Waals surface area contributed by atoms with Gasteiger partial charge in [-0.05, 0) is 49.2 Å². The fourth-order valence-corrected chi connectivity index (χ4v) is 2.99. The summed E-state index contributed by atoms with van der Waals surface area (Å²) in [4.78, 5) is 0. The van der Waals surface area contributed by atoms with E-state index in [-0.39, 0.29) is 6.04 Å². The summed E-state index contributed by atoms with van der Waals surface area (Å²) >= 11 is 1.72. The van der Waals surface area contributed by atoms with E-state index in [1.807, 2.05) is 10.9 Å². The molecule has 1 atom stereocenters. The molecule has 0 saturated heterocycles. The monoisotopic (exact) mass is 293 g/mol. The van der Waals surface area contributed by atoms with Crippen LogP contribution in [0.4, 0.5) is 0 Å². The Morgan fingerprint density at radius 3 is 2.80 bits per heavy atom. The Bertz CT molecular complexity index is 519. The van der Waals surface area contributed by atoms with E-state index in [0.29, 0.717) is 6.04 Å². The van der Waals surface area contributed by atoms with Crippen LogP contribution in [0.25, 0.3) is 0 Å². The molecule has 0 amide bonds. The van der Waals surface area contributed by atoms with Gasteiger partial charge in [0, 0.05) is 6.04 Å². The minimum Gasteiger partial charge on any atom is -0.493 e. The summed E-state index contributed by atoms with van der Waals surface area (Å²) in [6.07, 6.45) is 2.90. The summed E-state index contributed by atoms with van der Waals surface area (Å²) in [7, 11) is 1.70. The van der Waals surface area contributed by atoms with Crippen LogP contribution in [0, 0.1) is 0 Å². The number of thiophene rings is 1. The second-order valence-corrected chi connectivity index (χ2v) is 5.86. The lowest BCUT2D eigenvalue weighted by Crippen LogP contribution is -2.26. The highest BCUT2D eigenvalue weighted by molar-refractivity contribution is 7.08. The van der Waals surface area contributed by atoms with E-state index < -0.39 is 0 Å². The molecule has 0 aliphatic carbocycles. The van der Waals surface area contributed by atoms with Crippen molar-refractivity contribution in [2.45, 2.75) is 39.3 Å². The van der Waals surface area contributed by atoms with E-state index in [9.17, 15) is 0 Å². The number of hydrogen-bond acceptors (Lipinski definition) is 4. The summed E-state index contributed by atoms with van der Waals surface area (Å²) in [5.41, 5.74) is 2.37. The number of methoxy groups -OCH3 is 1. The highest BCUT2D eigenvalue weighted by Crippen LogP contribution is 2.32. The molecule has 1 N–H and O–H groups in total. The number of rotatable bonds is 7. The first-order valence-electron chi connectivity index (χ1n) is 7.05. The molecule has 110 valence electrons. The van der Waals surface area contributed by atoms with Gasteiger partial charge in [-0.2, -0.15) is 16.4 Å². The summed E-state index contributed by atoms with van der Waals surface area (Å²) in [5.74, 6) is 0.846. The number of aromatic nitrogens is 2. The maximum Gasteiger partial charge on any atom is 0.161 e. The van der Waals surface area contributed by atoms with E-state index in [1.165, 1.54) is 5.56 Å². The van der Waals surface area contributed by atoms with E-state index >= 15 is 0 Å². The molecule has 0 bridgehead atoms. The summed E-state index contributed by atoms with van der Waals surface area (Å²) in [5, 5.41) is 12.4. The molecule has 0 aliphatic rings. The molecule has 5 heteroatoms. The van der Waals surface area contributed by atoms with E-state index in [0.717, 1.165) is 24.4 Å². The van der Waals surface area contributed by atoms with Gasteiger partial charge in [0.25, 0.3) is 0 Å². The topological polar surface area (TPSA) is 39.1 Å². The third-order valence-corrected chi connectivity index (χ3v) is 3.96. The molecular formula is C15H23N3OS. The molecule has 1 unspecified atom stereocenters. The smallest absolute Gasteiger partial charge is 0.161 e.